The zero-order valence-electron chi connectivity index (χ0n) is 15.9. The molecule has 0 heterocycles. The number of hydrogen-bond donors (Lipinski definition) is 0. The van der Waals surface area contributed by atoms with Gasteiger partial charge in [-0.25, -0.2) is 0 Å². The predicted molar refractivity (Wildman–Crippen MR) is 103 cm³/mol. The van der Waals surface area contributed by atoms with Crippen LogP contribution < -0.4 is 0 Å². The quantitative estimate of drug-likeness (QED) is 0.717. The molecule has 0 aromatic heterocycles. The molecular weight excluding hydrogens is 340 g/mol. The van der Waals surface area contributed by atoms with Crippen molar-refractivity contribution in [2.24, 2.45) is 5.92 Å². The first-order valence-corrected chi connectivity index (χ1v) is 9.54. The molecule has 4 nitrogen and oxygen atoms in total. The summed E-state index contributed by atoms with van der Waals surface area (Å²) in [6.07, 6.45) is 1.25. The van der Waals surface area contributed by atoms with Gasteiger partial charge in [-0.2, -0.15) is 0 Å². The monoisotopic (exact) mass is 366 g/mol. The van der Waals surface area contributed by atoms with Crippen molar-refractivity contribution in [3.8, 4) is 0 Å². The van der Waals surface area contributed by atoms with E-state index in [-0.39, 0.29) is 30.2 Å². The van der Waals surface area contributed by atoms with Gasteiger partial charge in [0.25, 0.3) is 0 Å². The molecule has 4 heteroatoms. The largest absolute Gasteiger partial charge is 0.466 e. The lowest BCUT2D eigenvalue weighted by atomic mass is 9.72. The van der Waals surface area contributed by atoms with Crippen molar-refractivity contribution < 1.29 is 19.1 Å². The molecule has 1 aliphatic carbocycles. The molecule has 0 aliphatic heterocycles. The van der Waals surface area contributed by atoms with Gasteiger partial charge in [0.2, 0.25) is 0 Å². The van der Waals surface area contributed by atoms with Crippen LogP contribution in [-0.2, 0) is 25.5 Å². The third-order valence-electron chi connectivity index (χ3n) is 5.17. The summed E-state index contributed by atoms with van der Waals surface area (Å²) in [7, 11) is 0. The van der Waals surface area contributed by atoms with Crippen LogP contribution in [0.4, 0.5) is 0 Å². The number of ether oxygens (including phenoxy) is 2. The number of esters is 2. The highest BCUT2D eigenvalue weighted by molar-refractivity contribution is 5.71. The maximum atomic E-state index is 12.1. The molecule has 0 saturated carbocycles. The number of fused-ring (bicyclic) bond motifs is 1. The molecule has 0 radical (unpaired) electrons. The Kier molecular flexibility index (Phi) is 6.28. The molecule has 0 bridgehead atoms. The van der Waals surface area contributed by atoms with Crippen LogP contribution in [0, 0.1) is 5.92 Å². The van der Waals surface area contributed by atoms with E-state index in [0.29, 0.717) is 6.61 Å². The zero-order chi connectivity index (χ0) is 19.2. The highest BCUT2D eigenvalue weighted by Gasteiger charge is 2.35. The van der Waals surface area contributed by atoms with Gasteiger partial charge < -0.3 is 9.47 Å². The summed E-state index contributed by atoms with van der Waals surface area (Å²) >= 11 is 0. The number of carbonyl (C=O) groups is 2. The van der Waals surface area contributed by atoms with Crippen molar-refractivity contribution in [1.29, 1.82) is 0 Å². The summed E-state index contributed by atoms with van der Waals surface area (Å²) in [5, 5.41) is 0. The average Bonchev–Trinajstić information content (AvgIpc) is 2.67. The second kappa shape index (κ2) is 8.85. The van der Waals surface area contributed by atoms with Crippen LogP contribution in [0.1, 0.15) is 49.3 Å². The van der Waals surface area contributed by atoms with E-state index in [9.17, 15) is 9.59 Å². The van der Waals surface area contributed by atoms with Gasteiger partial charge in [0.15, 0.2) is 0 Å². The average molecular weight is 366 g/mol. The van der Waals surface area contributed by atoms with Crippen LogP contribution in [-0.4, -0.2) is 24.6 Å². The Bertz CT molecular complexity index is 784. The topological polar surface area (TPSA) is 52.6 Å². The van der Waals surface area contributed by atoms with Crippen LogP contribution >= 0.6 is 0 Å². The van der Waals surface area contributed by atoms with Gasteiger partial charge in [-0.05, 0) is 36.5 Å². The summed E-state index contributed by atoms with van der Waals surface area (Å²) in [4.78, 5) is 23.7. The summed E-state index contributed by atoms with van der Waals surface area (Å²) in [5.74, 6) is -0.391. The summed E-state index contributed by atoms with van der Waals surface area (Å²) in [6, 6.07) is 18.8. The number of carbonyl (C=O) groups excluding carboxylic acids is 2. The fraction of sp³-hybridized carbons (Fsp3) is 0.391. The van der Waals surface area contributed by atoms with E-state index >= 15 is 0 Å². The minimum Gasteiger partial charge on any atom is -0.466 e. The lowest BCUT2D eigenvalue weighted by Crippen LogP contribution is -2.34. The minimum absolute atomic E-state index is 0.0680. The van der Waals surface area contributed by atoms with Crippen molar-refractivity contribution in [2.75, 3.05) is 6.61 Å². The first-order chi connectivity index (χ1) is 13.1. The molecule has 0 fully saturated rings. The summed E-state index contributed by atoms with van der Waals surface area (Å²) in [5.41, 5.74) is 3.81. The minimum atomic E-state index is -0.471. The second-order valence-corrected chi connectivity index (χ2v) is 7.02. The van der Waals surface area contributed by atoms with Crippen molar-refractivity contribution >= 4 is 11.9 Å². The van der Waals surface area contributed by atoms with Crippen molar-refractivity contribution in [3.05, 3.63) is 71.3 Å². The van der Waals surface area contributed by atoms with Gasteiger partial charge in [0.1, 0.15) is 6.10 Å². The molecule has 2 aromatic rings. The highest BCUT2D eigenvalue weighted by Crippen LogP contribution is 2.41. The summed E-state index contributed by atoms with van der Waals surface area (Å²) in [6.45, 7) is 3.50. The Balaban J connectivity index is 1.90. The van der Waals surface area contributed by atoms with E-state index in [4.69, 9.17) is 9.47 Å². The molecule has 0 saturated heterocycles. The van der Waals surface area contributed by atoms with E-state index in [2.05, 4.69) is 30.3 Å². The Morgan fingerprint density at radius 2 is 1.78 bits per heavy atom. The van der Waals surface area contributed by atoms with Crippen molar-refractivity contribution in [2.45, 2.75) is 45.1 Å². The highest BCUT2D eigenvalue weighted by atomic mass is 16.6. The standard InChI is InChI=1S/C23H26O4/c1-3-26-23(25)15-22(27-16(2)24)19-13-18-11-7-8-12-20(18)21(14-19)17-9-5-4-6-10-17/h4-12,19,21-22H,3,13-15H2,1-2H3/t19-,21-,22?/m1/s1. The van der Waals surface area contributed by atoms with Crippen LogP contribution in [0.5, 0.6) is 0 Å². The molecule has 27 heavy (non-hydrogen) atoms. The molecule has 3 rings (SSSR count). The first-order valence-electron chi connectivity index (χ1n) is 9.54. The SMILES string of the molecule is CCOC(=O)CC(OC(C)=O)[C@@H]1Cc2ccccc2[C@@H](c2ccccc2)C1. The first kappa shape index (κ1) is 19.2. The maximum absolute atomic E-state index is 12.1. The van der Waals surface area contributed by atoms with Gasteiger partial charge in [-0.15, -0.1) is 0 Å². The summed E-state index contributed by atoms with van der Waals surface area (Å²) < 4.78 is 10.7. The Hall–Kier alpha value is -2.62. The number of hydrogen-bond acceptors (Lipinski definition) is 4. The Morgan fingerprint density at radius 3 is 2.48 bits per heavy atom. The van der Waals surface area contributed by atoms with Gasteiger partial charge >= 0.3 is 11.9 Å². The fourth-order valence-electron chi connectivity index (χ4n) is 4.04. The van der Waals surface area contributed by atoms with Gasteiger partial charge in [0.05, 0.1) is 13.0 Å². The van der Waals surface area contributed by atoms with Crippen LogP contribution in [0.3, 0.4) is 0 Å². The smallest absolute Gasteiger partial charge is 0.309 e. The van der Waals surface area contributed by atoms with E-state index in [0.717, 1.165) is 12.8 Å². The molecule has 3 atom stereocenters. The van der Waals surface area contributed by atoms with E-state index in [1.54, 1.807) is 6.92 Å². The lowest BCUT2D eigenvalue weighted by molar-refractivity contribution is -0.156. The predicted octanol–water partition coefficient (Wildman–Crippen LogP) is 4.27. The molecule has 0 spiro atoms. The van der Waals surface area contributed by atoms with Crippen LogP contribution in [0.2, 0.25) is 0 Å². The molecule has 0 amide bonds. The fourth-order valence-corrected chi connectivity index (χ4v) is 4.04. The van der Waals surface area contributed by atoms with Crippen LogP contribution in [0.15, 0.2) is 54.6 Å². The zero-order valence-corrected chi connectivity index (χ0v) is 15.9. The molecule has 1 unspecified atom stereocenters. The van der Waals surface area contributed by atoms with Gasteiger partial charge in [0, 0.05) is 18.8 Å². The van der Waals surface area contributed by atoms with Gasteiger partial charge in [-0.3, -0.25) is 9.59 Å². The number of rotatable bonds is 6. The molecule has 142 valence electrons. The third kappa shape index (κ3) is 4.76. The number of benzene rings is 2. The lowest BCUT2D eigenvalue weighted by Gasteiger charge is -2.35. The molecule has 2 aromatic carbocycles. The molecule has 0 N–H and O–H groups in total. The maximum Gasteiger partial charge on any atom is 0.309 e. The Labute approximate surface area is 160 Å². The van der Waals surface area contributed by atoms with Gasteiger partial charge in [-0.1, -0.05) is 54.6 Å². The van der Waals surface area contributed by atoms with E-state index in [1.807, 2.05) is 24.3 Å². The third-order valence-corrected chi connectivity index (χ3v) is 5.17. The van der Waals surface area contributed by atoms with E-state index in [1.165, 1.54) is 23.6 Å². The molecule has 1 aliphatic rings. The van der Waals surface area contributed by atoms with E-state index < -0.39 is 6.10 Å². The second-order valence-electron chi connectivity index (χ2n) is 7.02. The van der Waals surface area contributed by atoms with Crippen molar-refractivity contribution in [1.82, 2.24) is 0 Å². The Morgan fingerprint density at radius 1 is 1.07 bits per heavy atom. The molecular formula is C23H26O4. The normalized spacial score (nSPS) is 19.6. The van der Waals surface area contributed by atoms with Crippen LogP contribution in [0.25, 0.3) is 0 Å². The van der Waals surface area contributed by atoms with Crippen molar-refractivity contribution in [3.63, 3.8) is 0 Å².